The lowest BCUT2D eigenvalue weighted by molar-refractivity contribution is 0.370. The molecule has 2 aromatic carbocycles. The first-order valence-corrected chi connectivity index (χ1v) is 9.15. The molecule has 0 spiro atoms. The van der Waals surface area contributed by atoms with Gasteiger partial charge in [0, 0.05) is 35.8 Å². The SMILES string of the molecule is CCNC(=NCc1cccc(OC)c1O)NCCc1c[nH]c2ccccc12. The average Bonchev–Trinajstić information content (AvgIpc) is 3.10. The molecule has 0 atom stereocenters. The number of hydrogen-bond acceptors (Lipinski definition) is 3. The molecule has 0 amide bonds. The van der Waals surface area contributed by atoms with E-state index in [1.165, 1.54) is 10.9 Å². The van der Waals surface area contributed by atoms with Crippen LogP contribution in [0.3, 0.4) is 0 Å². The predicted molar refractivity (Wildman–Crippen MR) is 109 cm³/mol. The van der Waals surface area contributed by atoms with Gasteiger partial charge in [-0.15, -0.1) is 0 Å². The van der Waals surface area contributed by atoms with Crippen LogP contribution in [-0.2, 0) is 13.0 Å². The van der Waals surface area contributed by atoms with Gasteiger partial charge in [0.15, 0.2) is 17.5 Å². The van der Waals surface area contributed by atoms with Gasteiger partial charge in [0.05, 0.1) is 13.7 Å². The van der Waals surface area contributed by atoms with Gasteiger partial charge in [-0.25, -0.2) is 4.99 Å². The molecule has 3 aromatic rings. The monoisotopic (exact) mass is 366 g/mol. The number of benzene rings is 2. The Bertz CT molecular complexity index is 917. The molecule has 0 fully saturated rings. The number of phenolic OH excluding ortho intramolecular Hbond substituents is 1. The van der Waals surface area contributed by atoms with Crippen molar-refractivity contribution in [3.8, 4) is 11.5 Å². The quantitative estimate of drug-likeness (QED) is 0.382. The van der Waals surface area contributed by atoms with Gasteiger partial charge in [0.2, 0.25) is 0 Å². The Morgan fingerprint density at radius 3 is 2.78 bits per heavy atom. The van der Waals surface area contributed by atoms with Crippen LogP contribution in [0.2, 0.25) is 0 Å². The largest absolute Gasteiger partial charge is 0.504 e. The summed E-state index contributed by atoms with van der Waals surface area (Å²) in [6.45, 7) is 3.92. The topological polar surface area (TPSA) is 81.7 Å². The van der Waals surface area contributed by atoms with E-state index in [1.54, 1.807) is 13.2 Å². The van der Waals surface area contributed by atoms with Gasteiger partial charge < -0.3 is 25.5 Å². The number of methoxy groups -OCH3 is 1. The number of aliphatic imine (C=N–C) groups is 1. The van der Waals surface area contributed by atoms with Crippen LogP contribution in [0.4, 0.5) is 0 Å². The van der Waals surface area contributed by atoms with E-state index < -0.39 is 0 Å². The summed E-state index contributed by atoms with van der Waals surface area (Å²) in [5.74, 6) is 1.32. The van der Waals surface area contributed by atoms with Crippen LogP contribution in [-0.4, -0.2) is 36.2 Å². The van der Waals surface area contributed by atoms with Gasteiger partial charge in [-0.05, 0) is 31.0 Å². The van der Waals surface area contributed by atoms with Gasteiger partial charge in [-0.3, -0.25) is 0 Å². The Morgan fingerprint density at radius 2 is 1.96 bits per heavy atom. The molecule has 0 bridgehead atoms. The van der Waals surface area contributed by atoms with Crippen molar-refractivity contribution in [2.75, 3.05) is 20.2 Å². The number of rotatable bonds is 7. The molecule has 6 nitrogen and oxygen atoms in total. The second-order valence-electron chi connectivity index (χ2n) is 6.20. The Balaban J connectivity index is 1.62. The fraction of sp³-hybridized carbons (Fsp3) is 0.286. The maximum Gasteiger partial charge on any atom is 0.191 e. The minimum Gasteiger partial charge on any atom is -0.504 e. The maximum absolute atomic E-state index is 10.2. The standard InChI is InChI=1S/C21H26N4O2/c1-3-22-21(25-14-16-7-6-10-19(27-2)20(16)26)23-12-11-15-13-24-18-9-5-4-8-17(15)18/h4-10,13,24,26H,3,11-12,14H2,1-2H3,(H2,22,23,25). The number of H-pyrrole nitrogens is 1. The summed E-state index contributed by atoms with van der Waals surface area (Å²) in [7, 11) is 1.54. The zero-order valence-corrected chi connectivity index (χ0v) is 15.7. The van der Waals surface area contributed by atoms with Crippen molar-refractivity contribution < 1.29 is 9.84 Å². The van der Waals surface area contributed by atoms with E-state index >= 15 is 0 Å². The Hall–Kier alpha value is -3.15. The number of nitrogens with one attached hydrogen (secondary N) is 3. The average molecular weight is 366 g/mol. The summed E-state index contributed by atoms with van der Waals surface area (Å²) in [6, 6.07) is 13.7. The number of nitrogens with zero attached hydrogens (tertiary/aromatic N) is 1. The lowest BCUT2D eigenvalue weighted by atomic mass is 10.1. The second-order valence-corrected chi connectivity index (χ2v) is 6.20. The Morgan fingerprint density at radius 1 is 1.11 bits per heavy atom. The molecule has 1 aromatic heterocycles. The van der Waals surface area contributed by atoms with Crippen LogP contribution in [0, 0.1) is 0 Å². The smallest absolute Gasteiger partial charge is 0.191 e. The van der Waals surface area contributed by atoms with Crippen molar-refractivity contribution >= 4 is 16.9 Å². The highest BCUT2D eigenvalue weighted by Crippen LogP contribution is 2.29. The minimum absolute atomic E-state index is 0.137. The third-order valence-electron chi connectivity index (χ3n) is 4.42. The third kappa shape index (κ3) is 4.53. The van der Waals surface area contributed by atoms with Crippen LogP contribution >= 0.6 is 0 Å². The summed E-state index contributed by atoms with van der Waals surface area (Å²) in [6.07, 6.45) is 2.95. The van der Waals surface area contributed by atoms with Gasteiger partial charge in [0.25, 0.3) is 0 Å². The second kappa shape index (κ2) is 8.98. The highest BCUT2D eigenvalue weighted by Gasteiger charge is 2.07. The minimum atomic E-state index is 0.137. The van der Waals surface area contributed by atoms with Crippen molar-refractivity contribution in [2.45, 2.75) is 19.9 Å². The van der Waals surface area contributed by atoms with Crippen LogP contribution in [0.1, 0.15) is 18.1 Å². The Kier molecular flexibility index (Phi) is 6.20. The number of phenols is 1. The number of fused-ring (bicyclic) bond motifs is 1. The molecule has 0 radical (unpaired) electrons. The zero-order valence-electron chi connectivity index (χ0n) is 15.7. The molecule has 0 saturated heterocycles. The molecule has 0 saturated carbocycles. The molecule has 0 aliphatic carbocycles. The first kappa shape index (κ1) is 18.6. The van der Waals surface area contributed by atoms with Crippen LogP contribution < -0.4 is 15.4 Å². The number of ether oxygens (including phenoxy) is 1. The van der Waals surface area contributed by atoms with E-state index in [0.29, 0.717) is 12.3 Å². The van der Waals surface area contributed by atoms with Gasteiger partial charge in [-0.2, -0.15) is 0 Å². The number of aromatic nitrogens is 1. The third-order valence-corrected chi connectivity index (χ3v) is 4.42. The van der Waals surface area contributed by atoms with E-state index in [-0.39, 0.29) is 5.75 Å². The van der Waals surface area contributed by atoms with E-state index in [9.17, 15) is 5.11 Å². The molecule has 4 N–H and O–H groups in total. The van der Waals surface area contributed by atoms with Crippen molar-refractivity contribution in [1.29, 1.82) is 0 Å². The molecular formula is C21H26N4O2. The summed E-state index contributed by atoms with van der Waals surface area (Å²) in [5.41, 5.74) is 3.16. The van der Waals surface area contributed by atoms with Gasteiger partial charge in [-0.1, -0.05) is 30.3 Å². The predicted octanol–water partition coefficient (Wildman–Crippen LogP) is 3.18. The molecule has 0 unspecified atom stereocenters. The van der Waals surface area contributed by atoms with Crippen molar-refractivity contribution in [2.24, 2.45) is 4.99 Å². The fourth-order valence-electron chi connectivity index (χ4n) is 3.02. The summed E-state index contributed by atoms with van der Waals surface area (Å²) < 4.78 is 5.15. The number of aromatic hydroxyl groups is 1. The van der Waals surface area contributed by atoms with Crippen molar-refractivity contribution in [3.63, 3.8) is 0 Å². The molecule has 0 aliphatic rings. The summed E-state index contributed by atoms with van der Waals surface area (Å²) >= 11 is 0. The highest BCUT2D eigenvalue weighted by atomic mass is 16.5. The van der Waals surface area contributed by atoms with Crippen molar-refractivity contribution in [1.82, 2.24) is 15.6 Å². The molecule has 0 aliphatic heterocycles. The first-order chi connectivity index (χ1) is 13.2. The van der Waals surface area contributed by atoms with Gasteiger partial charge in [0.1, 0.15) is 0 Å². The van der Waals surface area contributed by atoms with Gasteiger partial charge >= 0.3 is 0 Å². The summed E-state index contributed by atoms with van der Waals surface area (Å²) in [5, 5.41) is 18.0. The molecule has 6 heteroatoms. The maximum atomic E-state index is 10.2. The number of hydrogen-bond donors (Lipinski definition) is 4. The van der Waals surface area contributed by atoms with Crippen molar-refractivity contribution in [3.05, 3.63) is 59.8 Å². The molecular weight excluding hydrogens is 340 g/mol. The van der Waals surface area contributed by atoms with Crippen LogP contribution in [0.15, 0.2) is 53.7 Å². The summed E-state index contributed by atoms with van der Waals surface area (Å²) in [4.78, 5) is 7.87. The first-order valence-electron chi connectivity index (χ1n) is 9.15. The number of para-hydroxylation sites is 2. The lowest BCUT2D eigenvalue weighted by Gasteiger charge is -2.12. The molecule has 142 valence electrons. The lowest BCUT2D eigenvalue weighted by Crippen LogP contribution is -2.38. The molecule has 1 heterocycles. The number of guanidine groups is 1. The van der Waals surface area contributed by atoms with E-state index in [4.69, 9.17) is 4.74 Å². The Labute approximate surface area is 159 Å². The van der Waals surface area contributed by atoms with E-state index in [0.717, 1.165) is 36.6 Å². The zero-order chi connectivity index (χ0) is 19.1. The normalized spacial score (nSPS) is 11.6. The highest BCUT2D eigenvalue weighted by molar-refractivity contribution is 5.83. The van der Waals surface area contributed by atoms with Crippen LogP contribution in [0.5, 0.6) is 11.5 Å². The van der Waals surface area contributed by atoms with E-state index in [1.807, 2.05) is 25.1 Å². The fourth-order valence-corrected chi connectivity index (χ4v) is 3.02. The molecule has 3 rings (SSSR count). The van der Waals surface area contributed by atoms with Crippen LogP contribution in [0.25, 0.3) is 10.9 Å². The molecule has 27 heavy (non-hydrogen) atoms. The number of aromatic amines is 1. The van der Waals surface area contributed by atoms with E-state index in [2.05, 4.69) is 45.0 Å².